The maximum absolute atomic E-state index is 12.2. The predicted octanol–water partition coefficient (Wildman–Crippen LogP) is 2.17. The highest BCUT2D eigenvalue weighted by molar-refractivity contribution is 7.89. The van der Waals surface area contributed by atoms with E-state index >= 15 is 0 Å². The van der Waals surface area contributed by atoms with Crippen molar-refractivity contribution in [2.75, 3.05) is 0 Å². The maximum Gasteiger partial charge on any atom is 0.328 e. The minimum Gasteiger partial charge on any atom is -0.478 e. The molecule has 0 bridgehead atoms. The zero-order valence-electron chi connectivity index (χ0n) is 11.4. The van der Waals surface area contributed by atoms with E-state index in [1.54, 1.807) is 12.1 Å². The second-order valence-corrected chi connectivity index (χ2v) is 6.56. The van der Waals surface area contributed by atoms with Crippen LogP contribution in [-0.2, 0) is 14.8 Å². The average molecular weight is 307 g/mol. The normalized spacial score (nSPS) is 19.0. The van der Waals surface area contributed by atoms with Gasteiger partial charge in [-0.2, -0.15) is 0 Å². The first kappa shape index (κ1) is 15.5. The Kier molecular flexibility index (Phi) is 4.93. The first-order valence-corrected chi connectivity index (χ1v) is 8.14. The van der Waals surface area contributed by atoms with Crippen molar-refractivity contribution in [3.05, 3.63) is 48.1 Å². The lowest BCUT2D eigenvalue weighted by Gasteiger charge is -2.19. The lowest BCUT2D eigenvalue weighted by atomic mass is 10.0. The average Bonchev–Trinajstić information content (AvgIpc) is 2.46. The van der Waals surface area contributed by atoms with E-state index in [0.717, 1.165) is 18.9 Å². The van der Waals surface area contributed by atoms with E-state index in [1.165, 1.54) is 18.2 Å². The summed E-state index contributed by atoms with van der Waals surface area (Å²) in [4.78, 5) is 10.6. The smallest absolute Gasteiger partial charge is 0.328 e. The number of rotatable bonds is 5. The summed E-state index contributed by atoms with van der Waals surface area (Å²) in [5.41, 5.74) is 0.636. The standard InChI is InChI=1S/C15H17NO4S/c17-15(18)11-8-12-6-9-14(10-7-12)21(19,20)16-13-4-2-1-3-5-13/h1-2,6-11,13,16H,3-5H2,(H,17,18). The van der Waals surface area contributed by atoms with Crippen molar-refractivity contribution in [2.45, 2.75) is 30.2 Å². The van der Waals surface area contributed by atoms with Crippen LogP contribution in [0.2, 0.25) is 0 Å². The molecule has 0 radical (unpaired) electrons. The van der Waals surface area contributed by atoms with Gasteiger partial charge in [0.2, 0.25) is 10.0 Å². The Morgan fingerprint density at radius 2 is 1.95 bits per heavy atom. The molecule has 0 saturated heterocycles. The summed E-state index contributed by atoms with van der Waals surface area (Å²) in [5, 5.41) is 8.54. The second kappa shape index (κ2) is 6.69. The molecule has 0 fully saturated rings. The molecular formula is C15H17NO4S. The molecule has 0 heterocycles. The highest BCUT2D eigenvalue weighted by atomic mass is 32.2. The zero-order chi connectivity index (χ0) is 15.3. The SMILES string of the molecule is O=C(O)C=Cc1ccc(S(=O)(=O)NC2CC=CCC2)cc1. The van der Waals surface area contributed by atoms with Gasteiger partial charge in [-0.3, -0.25) is 0 Å². The molecule has 1 atom stereocenters. The Morgan fingerprint density at radius 1 is 1.24 bits per heavy atom. The number of allylic oxidation sites excluding steroid dienone is 1. The minimum absolute atomic E-state index is 0.0633. The van der Waals surface area contributed by atoms with Crippen molar-refractivity contribution >= 4 is 22.1 Å². The van der Waals surface area contributed by atoms with E-state index in [2.05, 4.69) is 4.72 Å². The van der Waals surface area contributed by atoms with Crippen molar-refractivity contribution in [3.8, 4) is 0 Å². The van der Waals surface area contributed by atoms with Crippen LogP contribution in [0.5, 0.6) is 0 Å². The topological polar surface area (TPSA) is 83.5 Å². The van der Waals surface area contributed by atoms with Gasteiger partial charge in [0.25, 0.3) is 0 Å². The first-order chi connectivity index (χ1) is 9.97. The molecule has 0 saturated carbocycles. The summed E-state index contributed by atoms with van der Waals surface area (Å²) in [5.74, 6) is -1.04. The summed E-state index contributed by atoms with van der Waals surface area (Å²) < 4.78 is 27.2. The highest BCUT2D eigenvalue weighted by Crippen LogP contribution is 2.16. The number of benzene rings is 1. The molecule has 6 heteroatoms. The van der Waals surface area contributed by atoms with E-state index in [9.17, 15) is 13.2 Å². The van der Waals surface area contributed by atoms with E-state index < -0.39 is 16.0 Å². The summed E-state index contributed by atoms with van der Waals surface area (Å²) in [6, 6.07) is 6.04. The maximum atomic E-state index is 12.2. The van der Waals surface area contributed by atoms with Crippen LogP contribution in [0.3, 0.4) is 0 Å². The third-order valence-corrected chi connectivity index (χ3v) is 4.74. The van der Waals surface area contributed by atoms with Gasteiger partial charge in [0, 0.05) is 12.1 Å². The summed E-state index contributed by atoms with van der Waals surface area (Å²) in [6.07, 6.45) is 8.85. The molecule has 1 unspecified atom stereocenters. The van der Waals surface area contributed by atoms with Gasteiger partial charge >= 0.3 is 5.97 Å². The van der Waals surface area contributed by atoms with Crippen LogP contribution in [0.25, 0.3) is 6.08 Å². The van der Waals surface area contributed by atoms with Gasteiger partial charge in [-0.1, -0.05) is 24.3 Å². The summed E-state index contributed by atoms with van der Waals surface area (Å²) in [7, 11) is -3.53. The molecule has 0 aromatic heterocycles. The predicted molar refractivity (Wildman–Crippen MR) is 80.2 cm³/mol. The number of hydrogen-bond donors (Lipinski definition) is 2. The molecule has 2 N–H and O–H groups in total. The van der Waals surface area contributed by atoms with Crippen LogP contribution in [0, 0.1) is 0 Å². The van der Waals surface area contributed by atoms with E-state index in [1.807, 2.05) is 12.2 Å². The third kappa shape index (κ3) is 4.54. The van der Waals surface area contributed by atoms with Gasteiger partial charge in [-0.25, -0.2) is 17.9 Å². The molecule has 1 aliphatic rings. The largest absolute Gasteiger partial charge is 0.478 e. The number of aliphatic carboxylic acids is 1. The van der Waals surface area contributed by atoms with Crippen molar-refractivity contribution in [3.63, 3.8) is 0 Å². The molecule has 1 aromatic rings. The molecule has 1 aliphatic carbocycles. The summed E-state index contributed by atoms with van der Waals surface area (Å²) in [6.45, 7) is 0. The number of nitrogens with one attached hydrogen (secondary N) is 1. The number of carboxylic acid groups (broad SMARTS) is 1. The molecule has 5 nitrogen and oxygen atoms in total. The van der Waals surface area contributed by atoms with E-state index in [-0.39, 0.29) is 10.9 Å². The molecule has 0 spiro atoms. The van der Waals surface area contributed by atoms with Crippen molar-refractivity contribution in [1.29, 1.82) is 0 Å². The minimum atomic E-state index is -3.53. The quantitative estimate of drug-likeness (QED) is 0.645. The lowest BCUT2D eigenvalue weighted by Crippen LogP contribution is -2.35. The monoisotopic (exact) mass is 307 g/mol. The van der Waals surface area contributed by atoms with Gasteiger partial charge in [0.1, 0.15) is 0 Å². The van der Waals surface area contributed by atoms with Crippen LogP contribution in [0.15, 0.2) is 47.4 Å². The van der Waals surface area contributed by atoms with Crippen LogP contribution in [0.4, 0.5) is 0 Å². The molecule has 21 heavy (non-hydrogen) atoms. The van der Waals surface area contributed by atoms with Gasteiger partial charge in [0.05, 0.1) is 4.90 Å². The zero-order valence-corrected chi connectivity index (χ0v) is 12.2. The Bertz CT molecular complexity index is 659. The molecular weight excluding hydrogens is 290 g/mol. The Morgan fingerprint density at radius 3 is 2.52 bits per heavy atom. The molecule has 112 valence electrons. The van der Waals surface area contributed by atoms with Gasteiger partial charge in [0.15, 0.2) is 0 Å². The van der Waals surface area contributed by atoms with E-state index in [0.29, 0.717) is 12.0 Å². The van der Waals surface area contributed by atoms with Crippen molar-refractivity contribution < 1.29 is 18.3 Å². The van der Waals surface area contributed by atoms with Gasteiger partial charge in [-0.15, -0.1) is 0 Å². The second-order valence-electron chi connectivity index (χ2n) is 4.84. The molecule has 2 rings (SSSR count). The summed E-state index contributed by atoms with van der Waals surface area (Å²) >= 11 is 0. The first-order valence-electron chi connectivity index (χ1n) is 6.66. The fraction of sp³-hybridized carbons (Fsp3) is 0.267. The van der Waals surface area contributed by atoms with Crippen molar-refractivity contribution in [1.82, 2.24) is 4.72 Å². The van der Waals surface area contributed by atoms with Crippen molar-refractivity contribution in [2.24, 2.45) is 0 Å². The number of sulfonamides is 1. The fourth-order valence-corrected chi connectivity index (χ4v) is 3.40. The van der Waals surface area contributed by atoms with Crippen LogP contribution >= 0.6 is 0 Å². The third-order valence-electron chi connectivity index (χ3n) is 3.20. The van der Waals surface area contributed by atoms with Crippen LogP contribution < -0.4 is 4.72 Å². The fourth-order valence-electron chi connectivity index (χ4n) is 2.11. The van der Waals surface area contributed by atoms with E-state index in [4.69, 9.17) is 5.11 Å². The molecule has 1 aromatic carbocycles. The van der Waals surface area contributed by atoms with Gasteiger partial charge < -0.3 is 5.11 Å². The number of hydrogen-bond acceptors (Lipinski definition) is 3. The van der Waals surface area contributed by atoms with Gasteiger partial charge in [-0.05, 0) is 43.0 Å². The number of carbonyl (C=O) groups is 1. The van der Waals surface area contributed by atoms with Crippen LogP contribution in [0.1, 0.15) is 24.8 Å². The lowest BCUT2D eigenvalue weighted by molar-refractivity contribution is -0.131. The Labute approximate surface area is 124 Å². The Hall–Kier alpha value is -1.92. The molecule has 0 amide bonds. The molecule has 0 aliphatic heterocycles. The van der Waals surface area contributed by atoms with Crippen LogP contribution in [-0.4, -0.2) is 25.5 Å². The highest BCUT2D eigenvalue weighted by Gasteiger charge is 2.19. The Balaban J connectivity index is 2.09. The number of carboxylic acids is 1.